The second-order valence-corrected chi connectivity index (χ2v) is 5.20. The summed E-state index contributed by atoms with van der Waals surface area (Å²) < 4.78 is 0. The quantitative estimate of drug-likeness (QED) is 0.588. The van der Waals surface area contributed by atoms with Crippen LogP contribution in [-0.2, 0) is 0 Å². The Bertz CT molecular complexity index is 624. The fraction of sp³-hybridized carbons (Fsp3) is 0.0714. The molecule has 0 radical (unpaired) electrons. The van der Waals surface area contributed by atoms with Crippen molar-refractivity contribution in [3.05, 3.63) is 63.1 Å². The van der Waals surface area contributed by atoms with Crippen LogP contribution in [0.4, 0.5) is 5.69 Å². The molecule has 0 unspecified atom stereocenters. The molecule has 0 atom stereocenters. The number of hydrogen-bond donors (Lipinski definition) is 1. The number of hydrazone groups is 1. The summed E-state index contributed by atoms with van der Waals surface area (Å²) in [5.41, 5.74) is 5.49. The zero-order valence-corrected chi connectivity index (χ0v) is 12.4. The second kappa shape index (κ2) is 6.29. The minimum atomic E-state index is 0.488. The van der Waals surface area contributed by atoms with Crippen LogP contribution in [-0.4, -0.2) is 5.71 Å². The Morgan fingerprint density at radius 3 is 2.47 bits per heavy atom. The molecule has 98 valence electrons. The van der Waals surface area contributed by atoms with Gasteiger partial charge in [0, 0.05) is 5.02 Å². The summed E-state index contributed by atoms with van der Waals surface area (Å²) in [4.78, 5) is 0. The lowest BCUT2D eigenvalue weighted by Crippen LogP contribution is -1.99. The van der Waals surface area contributed by atoms with Crippen molar-refractivity contribution in [3.8, 4) is 0 Å². The van der Waals surface area contributed by atoms with Crippen LogP contribution in [0.15, 0.2) is 47.6 Å². The molecule has 0 aliphatic rings. The Morgan fingerprint density at radius 2 is 1.79 bits per heavy atom. The molecular weight excluding hydrogens is 303 g/mol. The van der Waals surface area contributed by atoms with Gasteiger partial charge in [0.1, 0.15) is 0 Å². The van der Waals surface area contributed by atoms with E-state index in [2.05, 4.69) is 10.5 Å². The zero-order chi connectivity index (χ0) is 13.8. The fourth-order valence-corrected chi connectivity index (χ4v) is 1.98. The third-order valence-electron chi connectivity index (χ3n) is 2.51. The standard InChI is InChI=1S/C14H11Cl3N2/c1-9(10-3-2-4-11(15)7-10)18-19-12-5-6-13(16)14(17)8-12/h2-8,19H,1H3/b18-9+. The van der Waals surface area contributed by atoms with Gasteiger partial charge >= 0.3 is 0 Å². The molecule has 2 nitrogen and oxygen atoms in total. The van der Waals surface area contributed by atoms with Gasteiger partial charge in [0.05, 0.1) is 21.4 Å². The fourth-order valence-electron chi connectivity index (χ4n) is 1.49. The van der Waals surface area contributed by atoms with Gasteiger partial charge in [-0.25, -0.2) is 0 Å². The molecule has 19 heavy (non-hydrogen) atoms. The summed E-state index contributed by atoms with van der Waals surface area (Å²) in [7, 11) is 0. The van der Waals surface area contributed by atoms with Crippen molar-refractivity contribution < 1.29 is 0 Å². The predicted octanol–water partition coefficient (Wildman–Crippen LogP) is 5.48. The third kappa shape index (κ3) is 3.87. The molecule has 0 saturated heterocycles. The summed E-state index contributed by atoms with van der Waals surface area (Å²) in [6.45, 7) is 1.90. The summed E-state index contributed by atoms with van der Waals surface area (Å²) in [5, 5.41) is 5.97. The molecule has 2 rings (SSSR count). The highest BCUT2D eigenvalue weighted by atomic mass is 35.5. The smallest absolute Gasteiger partial charge is 0.0649 e. The molecular formula is C14H11Cl3N2. The third-order valence-corrected chi connectivity index (χ3v) is 3.49. The lowest BCUT2D eigenvalue weighted by molar-refractivity contribution is 1.32. The van der Waals surface area contributed by atoms with Gasteiger partial charge in [-0.1, -0.05) is 46.9 Å². The number of nitrogens with one attached hydrogen (secondary N) is 1. The summed E-state index contributed by atoms with van der Waals surface area (Å²) in [6, 6.07) is 12.8. The van der Waals surface area contributed by atoms with Gasteiger partial charge in [-0.05, 0) is 42.8 Å². The average molecular weight is 314 g/mol. The van der Waals surface area contributed by atoms with Crippen LogP contribution in [0.1, 0.15) is 12.5 Å². The Labute approximate surface area is 127 Å². The molecule has 2 aromatic carbocycles. The van der Waals surface area contributed by atoms with E-state index < -0.39 is 0 Å². The van der Waals surface area contributed by atoms with Gasteiger partial charge in [0.2, 0.25) is 0 Å². The summed E-state index contributed by atoms with van der Waals surface area (Å²) in [6.07, 6.45) is 0. The van der Waals surface area contributed by atoms with Crippen LogP contribution in [0.25, 0.3) is 0 Å². The number of nitrogens with zero attached hydrogens (tertiary/aromatic N) is 1. The molecule has 0 heterocycles. The zero-order valence-electron chi connectivity index (χ0n) is 10.1. The van der Waals surface area contributed by atoms with Crippen molar-refractivity contribution in [1.82, 2.24) is 0 Å². The monoisotopic (exact) mass is 312 g/mol. The van der Waals surface area contributed by atoms with Crippen LogP contribution in [0.5, 0.6) is 0 Å². The lowest BCUT2D eigenvalue weighted by atomic mass is 10.1. The lowest BCUT2D eigenvalue weighted by Gasteiger charge is -2.05. The minimum Gasteiger partial charge on any atom is -0.278 e. The largest absolute Gasteiger partial charge is 0.278 e. The first-order valence-electron chi connectivity index (χ1n) is 5.57. The predicted molar refractivity (Wildman–Crippen MR) is 83.7 cm³/mol. The molecule has 0 amide bonds. The van der Waals surface area contributed by atoms with E-state index in [1.54, 1.807) is 12.1 Å². The minimum absolute atomic E-state index is 0.488. The summed E-state index contributed by atoms with van der Waals surface area (Å²) in [5.74, 6) is 0. The van der Waals surface area contributed by atoms with Crippen molar-refractivity contribution in [1.29, 1.82) is 0 Å². The molecule has 0 aromatic heterocycles. The summed E-state index contributed by atoms with van der Waals surface area (Å²) >= 11 is 17.7. The Hall–Kier alpha value is -1.22. The Kier molecular flexibility index (Phi) is 4.70. The normalized spacial score (nSPS) is 11.5. The topological polar surface area (TPSA) is 24.4 Å². The molecule has 0 spiro atoms. The van der Waals surface area contributed by atoms with Crippen molar-refractivity contribution in [2.45, 2.75) is 6.92 Å². The van der Waals surface area contributed by atoms with Crippen molar-refractivity contribution in [2.75, 3.05) is 5.43 Å². The van der Waals surface area contributed by atoms with E-state index >= 15 is 0 Å². The van der Waals surface area contributed by atoms with Crippen LogP contribution in [0, 0.1) is 0 Å². The molecule has 0 aliphatic heterocycles. The van der Waals surface area contributed by atoms with Gasteiger partial charge < -0.3 is 0 Å². The first kappa shape index (κ1) is 14.2. The highest BCUT2D eigenvalue weighted by Gasteiger charge is 2.00. The Morgan fingerprint density at radius 1 is 1.00 bits per heavy atom. The van der Waals surface area contributed by atoms with E-state index in [9.17, 15) is 0 Å². The maximum atomic E-state index is 5.94. The van der Waals surface area contributed by atoms with Crippen LogP contribution < -0.4 is 5.43 Å². The van der Waals surface area contributed by atoms with E-state index in [1.807, 2.05) is 37.3 Å². The first-order valence-corrected chi connectivity index (χ1v) is 6.71. The van der Waals surface area contributed by atoms with E-state index in [1.165, 1.54) is 0 Å². The molecule has 0 aliphatic carbocycles. The van der Waals surface area contributed by atoms with Crippen molar-refractivity contribution in [2.24, 2.45) is 5.10 Å². The van der Waals surface area contributed by atoms with Crippen LogP contribution in [0.3, 0.4) is 0 Å². The average Bonchev–Trinajstić information content (AvgIpc) is 2.40. The molecule has 2 aromatic rings. The molecule has 0 bridgehead atoms. The first-order chi connectivity index (χ1) is 9.06. The number of benzene rings is 2. The van der Waals surface area contributed by atoms with Crippen molar-refractivity contribution in [3.63, 3.8) is 0 Å². The molecule has 0 saturated carbocycles. The number of anilines is 1. The highest BCUT2D eigenvalue weighted by Crippen LogP contribution is 2.25. The highest BCUT2D eigenvalue weighted by molar-refractivity contribution is 6.42. The van der Waals surface area contributed by atoms with E-state index in [0.717, 1.165) is 17.0 Å². The van der Waals surface area contributed by atoms with Gasteiger partial charge in [-0.3, -0.25) is 5.43 Å². The van der Waals surface area contributed by atoms with Crippen molar-refractivity contribution >= 4 is 46.2 Å². The molecule has 0 fully saturated rings. The van der Waals surface area contributed by atoms with Gasteiger partial charge in [0.25, 0.3) is 0 Å². The van der Waals surface area contributed by atoms with E-state index in [4.69, 9.17) is 34.8 Å². The van der Waals surface area contributed by atoms with Gasteiger partial charge in [0.15, 0.2) is 0 Å². The van der Waals surface area contributed by atoms with Gasteiger partial charge in [-0.15, -0.1) is 0 Å². The molecule has 5 heteroatoms. The number of rotatable bonds is 3. The van der Waals surface area contributed by atoms with E-state index in [0.29, 0.717) is 15.1 Å². The number of hydrogen-bond acceptors (Lipinski definition) is 2. The maximum Gasteiger partial charge on any atom is 0.0649 e. The SMILES string of the molecule is C/C(=N\Nc1ccc(Cl)c(Cl)c1)c1cccc(Cl)c1. The van der Waals surface area contributed by atoms with Crippen LogP contribution >= 0.6 is 34.8 Å². The van der Waals surface area contributed by atoms with E-state index in [-0.39, 0.29) is 0 Å². The molecule has 1 N–H and O–H groups in total. The second-order valence-electron chi connectivity index (χ2n) is 3.95. The van der Waals surface area contributed by atoms with Gasteiger partial charge in [-0.2, -0.15) is 5.10 Å². The number of halogens is 3. The van der Waals surface area contributed by atoms with Crippen LogP contribution in [0.2, 0.25) is 15.1 Å². The Balaban J connectivity index is 2.15. The maximum absolute atomic E-state index is 5.94.